The van der Waals surface area contributed by atoms with Crippen molar-refractivity contribution in [1.82, 2.24) is 9.97 Å². The van der Waals surface area contributed by atoms with E-state index >= 15 is 0 Å². The van der Waals surface area contributed by atoms with Gasteiger partial charge >= 0.3 is 0 Å². The Morgan fingerprint density at radius 2 is 1.95 bits per heavy atom. The zero-order valence-electron chi connectivity index (χ0n) is 12.5. The molecule has 0 bridgehead atoms. The summed E-state index contributed by atoms with van der Waals surface area (Å²) in [6, 6.07) is 4.87. The summed E-state index contributed by atoms with van der Waals surface area (Å²) in [7, 11) is 0. The number of aryl methyl sites for hydroxylation is 2. The molecule has 0 fully saturated rings. The summed E-state index contributed by atoms with van der Waals surface area (Å²) < 4.78 is 14.5. The average Bonchev–Trinajstić information content (AvgIpc) is 2.45. The number of aromatic nitrogens is 2. The van der Waals surface area contributed by atoms with Crippen LogP contribution in [0.15, 0.2) is 22.7 Å². The van der Waals surface area contributed by atoms with Gasteiger partial charge in [0.05, 0.1) is 10.2 Å². The third-order valence-corrected chi connectivity index (χ3v) is 3.93. The number of nitrogens with zero attached hydrogens (tertiary/aromatic N) is 2. The number of hydrogen-bond acceptors (Lipinski definition) is 3. The van der Waals surface area contributed by atoms with Gasteiger partial charge in [0, 0.05) is 12.1 Å². The highest BCUT2D eigenvalue weighted by atomic mass is 79.9. The molecule has 0 aliphatic heterocycles. The van der Waals surface area contributed by atoms with Gasteiger partial charge in [0.1, 0.15) is 11.6 Å². The Labute approximate surface area is 133 Å². The van der Waals surface area contributed by atoms with Crippen molar-refractivity contribution in [2.24, 2.45) is 0 Å². The van der Waals surface area contributed by atoms with Crippen LogP contribution in [0.3, 0.4) is 0 Å². The van der Waals surface area contributed by atoms with Gasteiger partial charge in [-0.25, -0.2) is 14.4 Å². The van der Waals surface area contributed by atoms with Gasteiger partial charge in [-0.15, -0.1) is 0 Å². The molecule has 1 aromatic carbocycles. The van der Waals surface area contributed by atoms with E-state index in [9.17, 15) is 4.39 Å². The summed E-state index contributed by atoms with van der Waals surface area (Å²) in [6.07, 6.45) is 1.79. The SMILES string of the molecule is CCCNc1nc(-c2cc(C)cc(F)c2)nc(CC)c1Br. The smallest absolute Gasteiger partial charge is 0.161 e. The van der Waals surface area contributed by atoms with Crippen molar-refractivity contribution in [3.8, 4) is 11.4 Å². The summed E-state index contributed by atoms with van der Waals surface area (Å²) in [5, 5.41) is 3.28. The topological polar surface area (TPSA) is 37.8 Å². The van der Waals surface area contributed by atoms with Crippen LogP contribution in [0.1, 0.15) is 31.5 Å². The molecule has 0 spiro atoms. The summed E-state index contributed by atoms with van der Waals surface area (Å²) in [5.74, 6) is 1.05. The van der Waals surface area contributed by atoms with E-state index in [0.29, 0.717) is 11.4 Å². The van der Waals surface area contributed by atoms with Gasteiger partial charge in [-0.1, -0.05) is 13.8 Å². The van der Waals surface area contributed by atoms with Gasteiger partial charge in [-0.2, -0.15) is 0 Å². The second-order valence-electron chi connectivity index (χ2n) is 4.95. The third kappa shape index (κ3) is 3.79. The lowest BCUT2D eigenvalue weighted by Gasteiger charge is -2.12. The number of halogens is 2. The quantitative estimate of drug-likeness (QED) is 0.845. The minimum Gasteiger partial charge on any atom is -0.369 e. The van der Waals surface area contributed by atoms with E-state index in [4.69, 9.17) is 0 Å². The molecule has 3 nitrogen and oxygen atoms in total. The second-order valence-corrected chi connectivity index (χ2v) is 5.75. The van der Waals surface area contributed by atoms with Crippen molar-refractivity contribution in [2.75, 3.05) is 11.9 Å². The van der Waals surface area contributed by atoms with Crippen LogP contribution in [-0.2, 0) is 6.42 Å². The minimum atomic E-state index is -0.266. The molecule has 0 saturated heterocycles. The Bertz CT molecular complexity index is 623. The second kappa shape index (κ2) is 6.98. The van der Waals surface area contributed by atoms with E-state index in [1.54, 1.807) is 0 Å². The van der Waals surface area contributed by atoms with Crippen LogP contribution in [-0.4, -0.2) is 16.5 Å². The summed E-state index contributed by atoms with van der Waals surface area (Å²) in [5.41, 5.74) is 2.48. The molecule has 0 saturated carbocycles. The molecule has 1 N–H and O–H groups in total. The normalized spacial score (nSPS) is 10.7. The van der Waals surface area contributed by atoms with Gasteiger partial charge in [0.2, 0.25) is 0 Å². The molecule has 0 unspecified atom stereocenters. The molecular weight excluding hydrogens is 333 g/mol. The highest BCUT2D eigenvalue weighted by Crippen LogP contribution is 2.28. The summed E-state index contributed by atoms with van der Waals surface area (Å²) >= 11 is 3.55. The van der Waals surface area contributed by atoms with E-state index < -0.39 is 0 Å². The molecule has 112 valence electrons. The monoisotopic (exact) mass is 351 g/mol. The fraction of sp³-hybridized carbons (Fsp3) is 0.375. The molecule has 0 amide bonds. The van der Waals surface area contributed by atoms with Crippen LogP contribution in [0, 0.1) is 12.7 Å². The third-order valence-electron chi connectivity index (χ3n) is 3.10. The van der Waals surface area contributed by atoms with E-state index in [1.165, 1.54) is 12.1 Å². The highest BCUT2D eigenvalue weighted by Gasteiger charge is 2.13. The molecule has 21 heavy (non-hydrogen) atoms. The van der Waals surface area contributed by atoms with E-state index in [0.717, 1.165) is 40.9 Å². The number of hydrogen-bond donors (Lipinski definition) is 1. The Balaban J connectivity index is 2.52. The van der Waals surface area contributed by atoms with Crippen molar-refractivity contribution in [3.05, 3.63) is 39.7 Å². The first kappa shape index (κ1) is 15.9. The highest BCUT2D eigenvalue weighted by molar-refractivity contribution is 9.10. The average molecular weight is 352 g/mol. The molecule has 2 rings (SSSR count). The van der Waals surface area contributed by atoms with Gasteiger partial charge in [-0.05, 0) is 59.5 Å². The van der Waals surface area contributed by atoms with Crippen LogP contribution in [0.2, 0.25) is 0 Å². The van der Waals surface area contributed by atoms with Gasteiger partial charge in [0.15, 0.2) is 5.82 Å². The number of nitrogens with one attached hydrogen (secondary N) is 1. The minimum absolute atomic E-state index is 0.266. The maximum Gasteiger partial charge on any atom is 0.161 e. The molecule has 1 heterocycles. The maximum atomic E-state index is 13.6. The molecule has 0 aliphatic rings. The maximum absolute atomic E-state index is 13.6. The van der Waals surface area contributed by atoms with Gasteiger partial charge in [-0.3, -0.25) is 0 Å². The fourth-order valence-corrected chi connectivity index (χ4v) is 2.68. The number of rotatable bonds is 5. The van der Waals surface area contributed by atoms with E-state index in [2.05, 4.69) is 38.1 Å². The Kier molecular flexibility index (Phi) is 5.28. The van der Waals surface area contributed by atoms with Crippen molar-refractivity contribution >= 4 is 21.7 Å². The zero-order chi connectivity index (χ0) is 15.4. The standard InChI is InChI=1S/C16H19BrFN3/c1-4-6-19-16-14(17)13(5-2)20-15(21-16)11-7-10(3)8-12(18)9-11/h7-9H,4-6H2,1-3H3,(H,19,20,21). The van der Waals surface area contributed by atoms with Crippen LogP contribution in [0.4, 0.5) is 10.2 Å². The summed E-state index contributed by atoms with van der Waals surface area (Å²) in [6.45, 7) is 6.83. The van der Waals surface area contributed by atoms with Crippen molar-refractivity contribution in [2.45, 2.75) is 33.6 Å². The lowest BCUT2D eigenvalue weighted by Crippen LogP contribution is -2.07. The molecule has 0 atom stereocenters. The summed E-state index contributed by atoms with van der Waals surface area (Å²) in [4.78, 5) is 9.08. The van der Waals surface area contributed by atoms with Crippen molar-refractivity contribution in [3.63, 3.8) is 0 Å². The van der Waals surface area contributed by atoms with E-state index in [1.807, 2.05) is 19.9 Å². The Morgan fingerprint density at radius 3 is 2.57 bits per heavy atom. The van der Waals surface area contributed by atoms with Gasteiger partial charge < -0.3 is 5.32 Å². The Hall–Kier alpha value is -1.49. The largest absolute Gasteiger partial charge is 0.369 e. The van der Waals surface area contributed by atoms with E-state index in [-0.39, 0.29) is 5.82 Å². The molecule has 0 aliphatic carbocycles. The predicted octanol–water partition coefficient (Wildman–Crippen LogP) is 4.74. The first-order chi connectivity index (χ1) is 10.0. The zero-order valence-corrected chi connectivity index (χ0v) is 14.1. The molecule has 0 radical (unpaired) electrons. The number of benzene rings is 1. The molecule has 5 heteroatoms. The van der Waals surface area contributed by atoms with Crippen molar-refractivity contribution in [1.29, 1.82) is 0 Å². The fourth-order valence-electron chi connectivity index (χ4n) is 2.08. The lowest BCUT2D eigenvalue weighted by atomic mass is 10.1. The van der Waals surface area contributed by atoms with Crippen LogP contribution in [0.25, 0.3) is 11.4 Å². The molecule has 1 aromatic heterocycles. The predicted molar refractivity (Wildman–Crippen MR) is 88.0 cm³/mol. The van der Waals surface area contributed by atoms with Crippen LogP contribution < -0.4 is 5.32 Å². The molecule has 2 aromatic rings. The first-order valence-electron chi connectivity index (χ1n) is 7.13. The van der Waals surface area contributed by atoms with Crippen LogP contribution in [0.5, 0.6) is 0 Å². The van der Waals surface area contributed by atoms with Crippen LogP contribution >= 0.6 is 15.9 Å². The number of anilines is 1. The molecular formula is C16H19BrFN3. The first-order valence-corrected chi connectivity index (χ1v) is 7.92. The van der Waals surface area contributed by atoms with Gasteiger partial charge in [0.25, 0.3) is 0 Å². The lowest BCUT2D eigenvalue weighted by molar-refractivity contribution is 0.627. The van der Waals surface area contributed by atoms with Crippen molar-refractivity contribution < 1.29 is 4.39 Å². The Morgan fingerprint density at radius 1 is 1.19 bits per heavy atom.